The molecule has 1 aliphatic heterocycles. The van der Waals surface area contributed by atoms with Crippen LogP contribution in [-0.2, 0) is 37.1 Å². The summed E-state index contributed by atoms with van der Waals surface area (Å²) in [5.41, 5.74) is -0.793. The molecule has 0 bridgehead atoms. The number of ether oxygens (including phenoxy) is 3. The van der Waals surface area contributed by atoms with E-state index < -0.39 is 62.7 Å². The van der Waals surface area contributed by atoms with Gasteiger partial charge in [0, 0.05) is 18.2 Å². The maximum absolute atomic E-state index is 13.1. The third-order valence-electron chi connectivity index (χ3n) is 5.33. The first-order valence-corrected chi connectivity index (χ1v) is 12.8. The van der Waals surface area contributed by atoms with Crippen molar-refractivity contribution in [2.24, 2.45) is 0 Å². The normalized spacial score (nSPS) is 20.3. The zero-order valence-corrected chi connectivity index (χ0v) is 21.5. The van der Waals surface area contributed by atoms with Crippen LogP contribution in [0.4, 0.5) is 0 Å². The largest absolute Gasteiger partial charge is 0.475 e. The summed E-state index contributed by atoms with van der Waals surface area (Å²) < 4.78 is 45.6. The van der Waals surface area contributed by atoms with Crippen LogP contribution in [-0.4, -0.2) is 60.6 Å². The number of carbonyl (C=O) groups is 2. The molecule has 204 valence electrons. The highest BCUT2D eigenvalue weighted by Gasteiger charge is 2.42. The van der Waals surface area contributed by atoms with E-state index in [2.05, 4.69) is 9.72 Å². The third-order valence-corrected chi connectivity index (χ3v) is 6.74. The van der Waals surface area contributed by atoms with E-state index in [9.17, 15) is 23.7 Å². The van der Waals surface area contributed by atoms with Crippen LogP contribution in [0.1, 0.15) is 35.0 Å². The Morgan fingerprint density at radius 2 is 1.95 bits per heavy atom. The molecule has 38 heavy (non-hydrogen) atoms. The van der Waals surface area contributed by atoms with Crippen LogP contribution in [0.25, 0.3) is 0 Å². The Bertz CT molecular complexity index is 1330. The Balaban J connectivity index is 1.81. The lowest BCUT2D eigenvalue weighted by atomic mass is 10.1. The number of benzene rings is 1. The fourth-order valence-electron chi connectivity index (χ4n) is 3.40. The highest BCUT2D eigenvalue weighted by Crippen LogP contribution is 2.50. The van der Waals surface area contributed by atoms with Crippen molar-refractivity contribution in [2.45, 2.75) is 38.2 Å². The van der Waals surface area contributed by atoms with Crippen molar-refractivity contribution in [1.82, 2.24) is 9.55 Å². The van der Waals surface area contributed by atoms with E-state index in [1.807, 2.05) is 0 Å². The SMILES string of the molecule is COC(=O)COP(=O)(OCCC#N)OC[C@H]1O[C@@H](n2cc(C)c(=O)[nH]c2=O)C[C@@H]1OC(=O)c1ccccc1. The molecule has 0 aliphatic carbocycles. The second kappa shape index (κ2) is 13.3. The minimum absolute atomic E-state index is 0.0133. The molecule has 1 N–H and O–H groups in total. The van der Waals surface area contributed by atoms with Crippen LogP contribution in [0.2, 0.25) is 0 Å². The van der Waals surface area contributed by atoms with Gasteiger partial charge in [-0.15, -0.1) is 0 Å². The van der Waals surface area contributed by atoms with Gasteiger partial charge in [-0.2, -0.15) is 5.26 Å². The van der Waals surface area contributed by atoms with Gasteiger partial charge >= 0.3 is 25.5 Å². The highest BCUT2D eigenvalue weighted by atomic mass is 31.2. The van der Waals surface area contributed by atoms with E-state index in [1.54, 1.807) is 36.4 Å². The zero-order valence-electron chi connectivity index (χ0n) is 20.6. The number of nitrogens with one attached hydrogen (secondary N) is 1. The molecule has 1 saturated heterocycles. The molecule has 0 saturated carbocycles. The number of nitrogens with zero attached hydrogens (tertiary/aromatic N) is 2. The minimum atomic E-state index is -4.39. The van der Waals surface area contributed by atoms with Gasteiger partial charge in [-0.05, 0) is 19.1 Å². The van der Waals surface area contributed by atoms with Gasteiger partial charge in [-0.1, -0.05) is 18.2 Å². The molecule has 15 heteroatoms. The highest BCUT2D eigenvalue weighted by molar-refractivity contribution is 7.48. The Morgan fingerprint density at radius 3 is 2.63 bits per heavy atom. The average Bonchev–Trinajstić information content (AvgIpc) is 3.31. The van der Waals surface area contributed by atoms with Crippen molar-refractivity contribution in [3.05, 3.63) is 68.5 Å². The van der Waals surface area contributed by atoms with E-state index in [0.29, 0.717) is 0 Å². The predicted molar refractivity (Wildman–Crippen MR) is 128 cm³/mol. The van der Waals surface area contributed by atoms with Gasteiger partial charge in [0.2, 0.25) is 0 Å². The predicted octanol–water partition coefficient (Wildman–Crippen LogP) is 1.60. The van der Waals surface area contributed by atoms with Crippen LogP contribution < -0.4 is 11.2 Å². The lowest BCUT2D eigenvalue weighted by molar-refractivity contribution is -0.143. The number of aromatic amines is 1. The summed E-state index contributed by atoms with van der Waals surface area (Å²) in [5.74, 6) is -1.53. The smallest absolute Gasteiger partial charge is 0.467 e. The topological polar surface area (TPSA) is 185 Å². The maximum Gasteiger partial charge on any atom is 0.475 e. The summed E-state index contributed by atoms with van der Waals surface area (Å²) in [7, 11) is -3.29. The molecule has 0 amide bonds. The van der Waals surface area contributed by atoms with Crippen LogP contribution in [0.15, 0.2) is 46.1 Å². The molecule has 0 radical (unpaired) electrons. The molecule has 2 aromatic rings. The summed E-state index contributed by atoms with van der Waals surface area (Å²) in [6.45, 7) is -0.0788. The summed E-state index contributed by atoms with van der Waals surface area (Å²) >= 11 is 0. The van der Waals surface area contributed by atoms with Gasteiger partial charge in [0.15, 0.2) is 6.61 Å². The summed E-state index contributed by atoms with van der Waals surface area (Å²) in [6.07, 6.45) is -1.87. The second-order valence-corrected chi connectivity index (χ2v) is 9.66. The molecule has 1 aromatic carbocycles. The fourth-order valence-corrected chi connectivity index (χ4v) is 4.53. The van der Waals surface area contributed by atoms with Crippen molar-refractivity contribution >= 4 is 19.8 Å². The van der Waals surface area contributed by atoms with Gasteiger partial charge in [-0.3, -0.25) is 27.9 Å². The maximum atomic E-state index is 13.1. The average molecular weight is 551 g/mol. The van der Waals surface area contributed by atoms with E-state index >= 15 is 0 Å². The Labute approximate surface area is 216 Å². The standard InChI is InChI=1S/C23H26N3O11P/c1-15-12-26(23(30)25-21(15)28)19-11-17(37-22(29)16-7-4-3-5-8-16)18(36-19)13-34-38(31,33-10-6-9-24)35-14-20(27)32-2/h3-5,7-8,12,17-19H,6,10-11,13-14H2,1-2H3,(H,25,28,30)/t17-,18+,19+,38?/m0/s1. The van der Waals surface area contributed by atoms with Crippen molar-refractivity contribution in [3.8, 4) is 6.07 Å². The molecule has 1 aliphatic rings. The third kappa shape index (κ3) is 7.70. The molecule has 4 atom stereocenters. The van der Waals surface area contributed by atoms with Crippen molar-refractivity contribution in [1.29, 1.82) is 5.26 Å². The van der Waals surface area contributed by atoms with Gasteiger partial charge in [0.05, 0.1) is 38.4 Å². The van der Waals surface area contributed by atoms with Crippen LogP contribution in [0, 0.1) is 18.3 Å². The number of methoxy groups -OCH3 is 1. The first-order valence-electron chi connectivity index (χ1n) is 11.4. The minimum Gasteiger partial charge on any atom is -0.467 e. The number of aromatic nitrogens is 2. The lowest BCUT2D eigenvalue weighted by Gasteiger charge is -2.22. The van der Waals surface area contributed by atoms with Gasteiger partial charge in [-0.25, -0.2) is 18.9 Å². The summed E-state index contributed by atoms with van der Waals surface area (Å²) in [5, 5.41) is 8.74. The first kappa shape index (κ1) is 29.0. The number of esters is 2. The number of phosphoric acid groups is 1. The number of hydrogen-bond donors (Lipinski definition) is 1. The zero-order chi connectivity index (χ0) is 27.7. The van der Waals surface area contributed by atoms with E-state index in [-0.39, 0.29) is 30.6 Å². The van der Waals surface area contributed by atoms with Crippen LogP contribution in [0.3, 0.4) is 0 Å². The first-order chi connectivity index (χ1) is 18.2. The van der Waals surface area contributed by atoms with Gasteiger partial charge in [0.25, 0.3) is 5.56 Å². The quantitative estimate of drug-likeness (QED) is 0.229. The number of carbonyl (C=O) groups excluding carboxylic acids is 2. The number of aryl methyl sites for hydroxylation is 1. The molecule has 0 spiro atoms. The molecule has 2 heterocycles. The number of rotatable bonds is 12. The number of H-pyrrole nitrogens is 1. The molecule has 1 unspecified atom stereocenters. The molecule has 14 nitrogen and oxygen atoms in total. The van der Waals surface area contributed by atoms with Gasteiger partial charge in [0.1, 0.15) is 18.4 Å². The van der Waals surface area contributed by atoms with E-state index in [1.165, 1.54) is 13.1 Å². The lowest BCUT2D eigenvalue weighted by Crippen LogP contribution is -2.33. The number of phosphoric ester groups is 1. The molecular weight excluding hydrogens is 525 g/mol. The summed E-state index contributed by atoms with van der Waals surface area (Å²) in [6, 6.07) is 9.94. The van der Waals surface area contributed by atoms with E-state index in [4.69, 9.17) is 28.3 Å². The summed E-state index contributed by atoms with van der Waals surface area (Å²) in [4.78, 5) is 50.6. The Hall–Kier alpha value is -3.60. The van der Waals surface area contributed by atoms with Crippen molar-refractivity contribution < 1.29 is 41.9 Å². The van der Waals surface area contributed by atoms with Crippen LogP contribution in [0.5, 0.6) is 0 Å². The Kier molecular flexibility index (Phi) is 10.1. The monoisotopic (exact) mass is 551 g/mol. The molecule has 3 rings (SSSR count). The number of hydrogen-bond acceptors (Lipinski definition) is 12. The molecule has 1 fully saturated rings. The van der Waals surface area contributed by atoms with Crippen molar-refractivity contribution in [3.63, 3.8) is 0 Å². The van der Waals surface area contributed by atoms with Gasteiger partial charge < -0.3 is 14.2 Å². The fraction of sp³-hybridized carbons (Fsp3) is 0.435. The van der Waals surface area contributed by atoms with E-state index in [0.717, 1.165) is 11.7 Å². The van der Waals surface area contributed by atoms with Crippen LogP contribution >= 0.6 is 7.82 Å². The molecular formula is C23H26N3O11P. The molecule has 1 aromatic heterocycles. The number of nitriles is 1. The Morgan fingerprint density at radius 1 is 1.21 bits per heavy atom. The second-order valence-electron chi connectivity index (χ2n) is 7.99. The van der Waals surface area contributed by atoms with Crippen molar-refractivity contribution in [2.75, 3.05) is 26.9 Å².